The van der Waals surface area contributed by atoms with Crippen molar-refractivity contribution in [3.63, 3.8) is 0 Å². The number of pyridine rings is 1. The van der Waals surface area contributed by atoms with Crippen molar-refractivity contribution in [2.45, 2.75) is 0 Å². The number of hydrogen-bond donors (Lipinski definition) is 0. The average molecular weight is 788 g/mol. The van der Waals surface area contributed by atoms with Gasteiger partial charge < -0.3 is 28.5 Å². The zero-order valence-corrected chi connectivity index (χ0v) is 27.0. The molecule has 8 rings (SSSR count). The Morgan fingerprint density at radius 3 is 1.67 bits per heavy atom. The van der Waals surface area contributed by atoms with E-state index in [0.29, 0.717) is 17.1 Å². The number of hydrogen-bond acceptors (Lipinski definition) is 3. The number of para-hydroxylation sites is 4. The van der Waals surface area contributed by atoms with Crippen LogP contribution in [0.2, 0.25) is 0 Å². The van der Waals surface area contributed by atoms with E-state index in [1.165, 1.54) is 24.3 Å². The normalized spacial score (nSPS) is 10.4. The van der Waals surface area contributed by atoms with Gasteiger partial charge in [-0.05, 0) is 17.8 Å². The molecule has 8 aromatic rings. The van der Waals surface area contributed by atoms with E-state index in [1.54, 1.807) is 33.7 Å². The molecule has 231 valence electrons. The minimum atomic E-state index is -0.271. The summed E-state index contributed by atoms with van der Waals surface area (Å²) in [7, 11) is 3.83. The molecule has 4 aromatic heterocycles. The molecule has 1 radical (unpaired) electrons. The quantitative estimate of drug-likeness (QED) is 0.189. The number of halogens is 2. The van der Waals surface area contributed by atoms with Crippen LogP contribution in [0.5, 0.6) is 0 Å². The molecule has 0 N–H and O–H groups in total. The summed E-state index contributed by atoms with van der Waals surface area (Å²) in [5, 5.41) is 10.8. The molecule has 0 atom stereocenters. The van der Waals surface area contributed by atoms with Crippen molar-refractivity contribution in [1.82, 2.24) is 29.5 Å². The van der Waals surface area contributed by atoms with Crippen molar-refractivity contribution in [2.24, 2.45) is 14.1 Å². The fourth-order valence-electron chi connectivity index (χ4n) is 4.68. The van der Waals surface area contributed by atoms with Crippen LogP contribution in [-0.4, -0.2) is 24.4 Å². The fraction of sp³-hybridized carbons (Fsp3) is 0.0571. The minimum absolute atomic E-state index is 0. The van der Waals surface area contributed by atoms with Gasteiger partial charge in [0.25, 0.3) is 0 Å². The van der Waals surface area contributed by atoms with Gasteiger partial charge in [-0.25, -0.2) is 8.78 Å². The first-order chi connectivity index (χ1) is 22.0. The molecule has 4 heterocycles. The molecule has 0 saturated carbocycles. The molecule has 8 nitrogen and oxygen atoms in total. The molecule has 4 aromatic carbocycles. The molecule has 0 spiro atoms. The van der Waals surface area contributed by atoms with E-state index in [4.69, 9.17) is 0 Å². The average Bonchev–Trinajstić information content (AvgIpc) is 3.81. The molecule has 0 fully saturated rings. The van der Waals surface area contributed by atoms with Crippen molar-refractivity contribution in [3.8, 4) is 22.8 Å². The number of aryl methyl sites for hydroxylation is 2. The molecule has 46 heavy (non-hydrogen) atoms. The van der Waals surface area contributed by atoms with Crippen LogP contribution in [-0.2, 0) is 34.2 Å². The van der Waals surface area contributed by atoms with Gasteiger partial charge in [0.1, 0.15) is 0 Å². The van der Waals surface area contributed by atoms with Gasteiger partial charge in [-0.3, -0.25) is 10.2 Å². The molecule has 0 aliphatic carbocycles. The van der Waals surface area contributed by atoms with Crippen LogP contribution in [0.15, 0.2) is 116 Å². The summed E-state index contributed by atoms with van der Waals surface area (Å²) in [5.41, 5.74) is 6.88. The molecule has 0 aliphatic rings. The number of nitrogens with zero attached hydrogens (tertiary/aromatic N) is 8. The smallest absolute Gasteiger partial charge is 0.242 e. The van der Waals surface area contributed by atoms with Gasteiger partial charge in [-0.1, -0.05) is 72.2 Å². The Hall–Kier alpha value is -5.38. The first kappa shape index (κ1) is 32.0. The standard InChI is InChI=1S/2C14H10FN2.C7H5N4.Ir/c2*1-16-10-17(12-6-4-5-11(15)9-12)14-8-3-2-7-13(14)16;1-2-4-8-6(3-1)7-5-9-11-10-7;/h2*2-5,7-9H,1H3;1-5H;/q3*-1;. The van der Waals surface area contributed by atoms with Gasteiger partial charge in [0.15, 0.2) is 0 Å². The van der Waals surface area contributed by atoms with Crippen molar-refractivity contribution >= 4 is 22.1 Å². The van der Waals surface area contributed by atoms with Gasteiger partial charge in [-0.15, -0.1) is 24.3 Å². The maximum atomic E-state index is 13.2. The van der Waals surface area contributed by atoms with E-state index in [9.17, 15) is 8.78 Å². The maximum Gasteiger partial charge on any atom is 0.242 e. The van der Waals surface area contributed by atoms with Gasteiger partial charge in [0.05, 0.1) is 41.9 Å². The van der Waals surface area contributed by atoms with Crippen LogP contribution < -0.4 is 14.2 Å². The predicted octanol–water partition coefficient (Wildman–Crippen LogP) is 4.88. The fourth-order valence-corrected chi connectivity index (χ4v) is 4.68. The Morgan fingerprint density at radius 2 is 1.22 bits per heavy atom. The van der Waals surface area contributed by atoms with Crippen LogP contribution in [0.1, 0.15) is 0 Å². The monoisotopic (exact) mass is 788 g/mol. The number of fused-ring (bicyclic) bond motifs is 2. The summed E-state index contributed by atoms with van der Waals surface area (Å²) >= 11 is 0. The molecule has 0 saturated heterocycles. The van der Waals surface area contributed by atoms with E-state index in [1.807, 2.05) is 90.0 Å². The summed E-state index contributed by atoms with van der Waals surface area (Å²) in [6.45, 7) is 0. The summed E-state index contributed by atoms with van der Waals surface area (Å²) in [6.07, 6.45) is 9.56. The molecule has 0 unspecified atom stereocenters. The summed E-state index contributed by atoms with van der Waals surface area (Å²) in [4.78, 5) is 4.08. The van der Waals surface area contributed by atoms with Gasteiger partial charge in [0.2, 0.25) is 12.7 Å². The second-order valence-electron chi connectivity index (χ2n) is 9.78. The van der Waals surface area contributed by atoms with Crippen LogP contribution in [0.4, 0.5) is 8.78 Å². The second kappa shape index (κ2) is 14.6. The summed E-state index contributed by atoms with van der Waals surface area (Å²) in [5.74, 6) is -0.542. The molecular weight excluding hydrogens is 763 g/mol. The Kier molecular flexibility index (Phi) is 10.2. The number of benzene rings is 4. The first-order valence-corrected chi connectivity index (χ1v) is 13.8. The zero-order valence-electron chi connectivity index (χ0n) is 24.6. The Balaban J connectivity index is 0.000000138. The number of aromatic nitrogens is 8. The Morgan fingerprint density at radius 1 is 0.696 bits per heavy atom. The molecular formula is C35H25F2IrN8-3. The molecule has 0 bridgehead atoms. The van der Waals surface area contributed by atoms with E-state index in [-0.39, 0.29) is 31.7 Å². The van der Waals surface area contributed by atoms with E-state index in [0.717, 1.165) is 27.8 Å². The van der Waals surface area contributed by atoms with Crippen LogP contribution in [0.3, 0.4) is 0 Å². The van der Waals surface area contributed by atoms with Crippen LogP contribution in [0.25, 0.3) is 44.8 Å². The number of rotatable bonds is 3. The maximum absolute atomic E-state index is 13.2. The third kappa shape index (κ3) is 7.12. The minimum Gasteiger partial charge on any atom is -0.358 e. The van der Waals surface area contributed by atoms with Crippen LogP contribution in [0, 0.1) is 36.4 Å². The van der Waals surface area contributed by atoms with Gasteiger partial charge in [-0.2, -0.15) is 24.3 Å². The largest absolute Gasteiger partial charge is 0.358 e. The second-order valence-corrected chi connectivity index (χ2v) is 9.78. The SMILES string of the molecule is C[n+]1[c-]n(-c2[c-]ccc(F)c2)c2ccccc21.C[n+]1[c-]n(-c2[c-]ccc(F)c2)c2ccccc21.[Ir].c1ccc(-c2cnn[n-]2)nc1. The van der Waals surface area contributed by atoms with Crippen molar-refractivity contribution in [3.05, 3.63) is 152 Å². The van der Waals surface area contributed by atoms with E-state index >= 15 is 0 Å². The first-order valence-electron chi connectivity index (χ1n) is 13.8. The molecule has 0 amide bonds. The third-order valence-corrected chi connectivity index (χ3v) is 6.76. The topological polar surface area (TPSA) is 70.4 Å². The van der Waals surface area contributed by atoms with Gasteiger partial charge in [0, 0.05) is 37.9 Å². The number of imidazole rings is 2. The van der Waals surface area contributed by atoms with Crippen molar-refractivity contribution in [2.75, 3.05) is 0 Å². The predicted molar refractivity (Wildman–Crippen MR) is 163 cm³/mol. The Labute approximate surface area is 277 Å². The van der Waals surface area contributed by atoms with Crippen LogP contribution >= 0.6 is 0 Å². The third-order valence-electron chi connectivity index (χ3n) is 6.76. The molecule has 11 heteroatoms. The summed E-state index contributed by atoms with van der Waals surface area (Å²) in [6, 6.07) is 36.2. The van der Waals surface area contributed by atoms with E-state index in [2.05, 4.69) is 45.2 Å². The van der Waals surface area contributed by atoms with Gasteiger partial charge >= 0.3 is 0 Å². The van der Waals surface area contributed by atoms with Crippen molar-refractivity contribution < 1.29 is 38.0 Å². The summed E-state index contributed by atoms with van der Waals surface area (Å²) < 4.78 is 33.8. The molecule has 0 aliphatic heterocycles. The zero-order chi connectivity index (χ0) is 31.2. The Bertz CT molecular complexity index is 2060. The van der Waals surface area contributed by atoms with Crippen molar-refractivity contribution in [1.29, 1.82) is 0 Å². The van der Waals surface area contributed by atoms with E-state index < -0.39 is 0 Å².